The highest BCUT2D eigenvalue weighted by Gasteiger charge is 2.16. The molecule has 2 aromatic heterocycles. The van der Waals surface area contributed by atoms with Crippen LogP contribution in [0, 0.1) is 0 Å². The molecule has 2 aromatic carbocycles. The fourth-order valence-corrected chi connectivity index (χ4v) is 4.22. The monoisotopic (exact) mass is 379 g/mol. The van der Waals surface area contributed by atoms with Gasteiger partial charge in [-0.2, -0.15) is 4.36 Å². The second-order valence-electron chi connectivity index (χ2n) is 5.77. The largest absolute Gasteiger partial charge is 0.255 e. The Morgan fingerprint density at radius 3 is 2.81 bits per heavy atom. The van der Waals surface area contributed by atoms with Crippen LogP contribution < -0.4 is 0 Å². The summed E-state index contributed by atoms with van der Waals surface area (Å²) in [6, 6.07) is 18.5. The molecule has 0 saturated heterocycles. The lowest BCUT2D eigenvalue weighted by molar-refractivity contribution is 0.698. The zero-order valence-electron chi connectivity index (χ0n) is 14.1. The van der Waals surface area contributed by atoms with E-state index < -0.39 is 11.5 Å². The van der Waals surface area contributed by atoms with E-state index in [0.717, 1.165) is 33.1 Å². The van der Waals surface area contributed by atoms with Crippen LogP contribution in [0.1, 0.15) is 11.9 Å². The predicted octanol–water partition coefficient (Wildman–Crippen LogP) is 5.08. The summed E-state index contributed by atoms with van der Waals surface area (Å²) in [5, 5.41) is 3.47. The Morgan fingerprint density at radius 1 is 1.12 bits per heavy atom. The zero-order chi connectivity index (χ0) is 17.9. The molecule has 0 atom stereocenters. The maximum atomic E-state index is 10.8. The van der Waals surface area contributed by atoms with Crippen LogP contribution in [-0.4, -0.2) is 14.2 Å². The Bertz CT molecular complexity index is 1140. The van der Waals surface area contributed by atoms with E-state index in [2.05, 4.69) is 52.7 Å². The van der Waals surface area contributed by atoms with Crippen LogP contribution in [0.3, 0.4) is 0 Å². The van der Waals surface area contributed by atoms with Gasteiger partial charge in [-0.15, -0.1) is 11.3 Å². The van der Waals surface area contributed by atoms with Crippen LogP contribution in [0.4, 0.5) is 5.82 Å². The molecule has 0 spiro atoms. The van der Waals surface area contributed by atoms with Gasteiger partial charge in [-0.1, -0.05) is 49.4 Å². The minimum absolute atomic E-state index is 0.478. The topological polar surface area (TPSA) is 55.2 Å². The third kappa shape index (κ3) is 3.13. The second-order valence-corrected chi connectivity index (χ2v) is 7.26. The molecule has 0 bridgehead atoms. The predicted molar refractivity (Wildman–Crippen MR) is 111 cm³/mol. The van der Waals surface area contributed by atoms with Crippen molar-refractivity contribution < 1.29 is 4.21 Å². The van der Waals surface area contributed by atoms with E-state index in [1.165, 1.54) is 10.8 Å². The molecule has 0 fully saturated rings. The van der Waals surface area contributed by atoms with Gasteiger partial charge in [0.15, 0.2) is 5.82 Å². The standard InChI is InChI=1S/C20H17N3OS2/c1-2-18-22-19(16-9-5-7-13-6-3-4-8-15(13)16)20(25-18)14-10-11-21-17(12-14)23-26-24/h3-12H,2,26H2,1H3. The van der Waals surface area contributed by atoms with Crippen LogP contribution >= 0.6 is 11.3 Å². The molecule has 26 heavy (non-hydrogen) atoms. The van der Waals surface area contributed by atoms with Crippen LogP contribution in [0.5, 0.6) is 0 Å². The van der Waals surface area contributed by atoms with Crippen molar-refractivity contribution in [1.82, 2.24) is 9.97 Å². The molecule has 6 heteroatoms. The van der Waals surface area contributed by atoms with Gasteiger partial charge >= 0.3 is 0 Å². The molecule has 0 radical (unpaired) electrons. The normalized spacial score (nSPS) is 11.4. The van der Waals surface area contributed by atoms with E-state index in [-0.39, 0.29) is 0 Å². The van der Waals surface area contributed by atoms with E-state index in [1.54, 1.807) is 17.5 Å². The number of thiazole rings is 1. The van der Waals surface area contributed by atoms with Crippen molar-refractivity contribution in [3.05, 3.63) is 65.8 Å². The number of hydrogen-bond donors (Lipinski definition) is 0. The third-order valence-corrected chi connectivity index (χ3v) is 5.76. The van der Waals surface area contributed by atoms with Crippen molar-refractivity contribution >= 4 is 39.4 Å². The number of nitrogens with zero attached hydrogens (tertiary/aromatic N) is 3. The summed E-state index contributed by atoms with van der Waals surface area (Å²) in [5.41, 5.74) is 3.09. The first-order valence-electron chi connectivity index (χ1n) is 8.32. The van der Waals surface area contributed by atoms with E-state index >= 15 is 0 Å². The number of rotatable bonds is 4. The average Bonchev–Trinajstić information content (AvgIpc) is 3.12. The van der Waals surface area contributed by atoms with Crippen LogP contribution in [0.15, 0.2) is 65.2 Å². The molecule has 4 rings (SSSR count). The first-order chi connectivity index (χ1) is 12.8. The molecule has 4 aromatic rings. The molecule has 4 nitrogen and oxygen atoms in total. The summed E-state index contributed by atoms with van der Waals surface area (Å²) in [4.78, 5) is 10.2. The smallest absolute Gasteiger partial charge is 0.161 e. The molecule has 2 heterocycles. The molecule has 0 saturated carbocycles. The maximum Gasteiger partial charge on any atom is 0.161 e. The molecular weight excluding hydrogens is 362 g/mol. The number of aryl methyl sites for hydroxylation is 1. The number of aromatic nitrogens is 2. The molecular formula is C20H17N3OS2. The quantitative estimate of drug-likeness (QED) is 0.497. The van der Waals surface area contributed by atoms with Crippen molar-refractivity contribution in [2.75, 3.05) is 0 Å². The van der Waals surface area contributed by atoms with Gasteiger partial charge in [0.05, 0.1) is 15.6 Å². The fraction of sp³-hybridized carbons (Fsp3) is 0.100. The molecule has 0 amide bonds. The van der Waals surface area contributed by atoms with Gasteiger partial charge in [0.25, 0.3) is 0 Å². The van der Waals surface area contributed by atoms with Gasteiger partial charge in [-0.25, -0.2) is 9.97 Å². The first kappa shape index (κ1) is 16.9. The van der Waals surface area contributed by atoms with E-state index in [0.29, 0.717) is 5.82 Å². The molecule has 0 N–H and O–H groups in total. The molecule has 0 aliphatic carbocycles. The van der Waals surface area contributed by atoms with Crippen molar-refractivity contribution in [2.24, 2.45) is 4.36 Å². The minimum atomic E-state index is -0.748. The average molecular weight is 380 g/mol. The summed E-state index contributed by atoms with van der Waals surface area (Å²) < 4.78 is 14.8. The Hall–Kier alpha value is -2.57. The Kier molecular flexibility index (Phi) is 4.77. The van der Waals surface area contributed by atoms with Gasteiger partial charge in [-0.05, 0) is 34.9 Å². The Labute approximate surface area is 158 Å². The van der Waals surface area contributed by atoms with Gasteiger partial charge in [0.2, 0.25) is 0 Å². The van der Waals surface area contributed by atoms with E-state index in [1.807, 2.05) is 18.2 Å². The second kappa shape index (κ2) is 7.35. The van der Waals surface area contributed by atoms with Crippen LogP contribution in [0.2, 0.25) is 0 Å². The van der Waals surface area contributed by atoms with Crippen molar-refractivity contribution in [3.8, 4) is 21.7 Å². The number of fused-ring (bicyclic) bond motifs is 1. The van der Waals surface area contributed by atoms with Crippen molar-refractivity contribution in [1.29, 1.82) is 0 Å². The van der Waals surface area contributed by atoms with Crippen molar-refractivity contribution in [2.45, 2.75) is 13.3 Å². The Balaban J connectivity index is 1.96. The van der Waals surface area contributed by atoms with Gasteiger partial charge in [0, 0.05) is 23.2 Å². The molecule has 130 valence electrons. The summed E-state index contributed by atoms with van der Waals surface area (Å²) in [5.74, 6) is 0.478. The summed E-state index contributed by atoms with van der Waals surface area (Å²) in [6.45, 7) is 2.11. The van der Waals surface area contributed by atoms with E-state index in [9.17, 15) is 4.21 Å². The third-order valence-electron chi connectivity index (χ3n) is 4.19. The van der Waals surface area contributed by atoms with Gasteiger partial charge in [0.1, 0.15) is 0 Å². The highest BCUT2D eigenvalue weighted by atomic mass is 32.1. The molecule has 0 unspecified atom stereocenters. The van der Waals surface area contributed by atoms with Gasteiger partial charge in [-0.3, -0.25) is 4.21 Å². The lowest BCUT2D eigenvalue weighted by atomic mass is 10.00. The van der Waals surface area contributed by atoms with Crippen LogP contribution in [-0.2, 0) is 17.9 Å². The lowest BCUT2D eigenvalue weighted by Crippen LogP contribution is -1.86. The number of benzene rings is 2. The van der Waals surface area contributed by atoms with Crippen LogP contribution in [0.25, 0.3) is 32.5 Å². The number of hydrogen-bond acceptors (Lipinski definition) is 5. The highest BCUT2D eigenvalue weighted by Crippen LogP contribution is 2.40. The van der Waals surface area contributed by atoms with E-state index in [4.69, 9.17) is 4.98 Å². The summed E-state index contributed by atoms with van der Waals surface area (Å²) in [6.07, 6.45) is 2.58. The lowest BCUT2D eigenvalue weighted by Gasteiger charge is -2.07. The fourth-order valence-electron chi connectivity index (χ4n) is 2.99. The minimum Gasteiger partial charge on any atom is -0.255 e. The molecule has 0 aliphatic heterocycles. The van der Waals surface area contributed by atoms with Crippen molar-refractivity contribution in [3.63, 3.8) is 0 Å². The van der Waals surface area contributed by atoms with Gasteiger partial charge < -0.3 is 0 Å². The zero-order valence-corrected chi connectivity index (χ0v) is 16.0. The summed E-state index contributed by atoms with van der Waals surface area (Å²) >= 11 is 0.938. The SMILES string of the molecule is CCc1nc(-c2cccc3ccccc23)c(-c2ccnc(N=[SH2]=O)c2)s1. The maximum absolute atomic E-state index is 10.8. The summed E-state index contributed by atoms with van der Waals surface area (Å²) in [7, 11) is 0. The highest BCUT2D eigenvalue weighted by molar-refractivity contribution is 7.54. The molecule has 0 aliphatic rings. The first-order valence-corrected chi connectivity index (χ1v) is 9.99. The number of pyridine rings is 1. The Morgan fingerprint density at radius 2 is 1.96 bits per heavy atom.